The third kappa shape index (κ3) is 4.78. The lowest BCUT2D eigenvalue weighted by molar-refractivity contribution is -0.122. The first kappa shape index (κ1) is 19.2. The van der Waals surface area contributed by atoms with Gasteiger partial charge in [0.05, 0.1) is 12.8 Å². The molecule has 2 aromatic carbocycles. The second-order valence-electron chi connectivity index (χ2n) is 5.86. The Morgan fingerprint density at radius 2 is 1.93 bits per heavy atom. The number of aryl methyl sites for hydroxylation is 1. The van der Waals surface area contributed by atoms with Crippen molar-refractivity contribution in [3.8, 4) is 22.8 Å². The molecule has 27 heavy (non-hydrogen) atoms. The van der Waals surface area contributed by atoms with Crippen molar-refractivity contribution in [2.24, 2.45) is 0 Å². The first-order valence-corrected chi connectivity index (χ1v) is 9.50. The van der Waals surface area contributed by atoms with E-state index in [9.17, 15) is 4.79 Å². The molecule has 1 N–H and O–H groups in total. The molecule has 0 spiro atoms. The summed E-state index contributed by atoms with van der Waals surface area (Å²) >= 11 is 7.47. The molecule has 1 atom stereocenters. The number of carbonyl (C=O) groups excluding carboxylic acids is 1. The van der Waals surface area contributed by atoms with E-state index in [1.54, 1.807) is 32.2 Å². The van der Waals surface area contributed by atoms with Gasteiger partial charge in [-0.25, -0.2) is 4.98 Å². The zero-order valence-electron chi connectivity index (χ0n) is 15.2. The predicted molar refractivity (Wildman–Crippen MR) is 109 cm³/mol. The fraction of sp³-hybridized carbons (Fsp3) is 0.200. The number of ether oxygens (including phenoxy) is 2. The van der Waals surface area contributed by atoms with Crippen LogP contribution in [0.2, 0.25) is 5.02 Å². The van der Waals surface area contributed by atoms with Crippen LogP contribution in [0.15, 0.2) is 48.5 Å². The largest absolute Gasteiger partial charge is 0.497 e. The van der Waals surface area contributed by atoms with Crippen molar-refractivity contribution in [2.75, 3.05) is 12.4 Å². The van der Waals surface area contributed by atoms with E-state index in [2.05, 4.69) is 10.3 Å². The van der Waals surface area contributed by atoms with Crippen LogP contribution in [0.25, 0.3) is 11.3 Å². The van der Waals surface area contributed by atoms with Gasteiger partial charge < -0.3 is 9.47 Å². The highest BCUT2D eigenvalue weighted by molar-refractivity contribution is 7.16. The molecule has 1 amide bonds. The summed E-state index contributed by atoms with van der Waals surface area (Å²) in [5.41, 5.74) is 1.72. The molecule has 140 valence electrons. The molecule has 0 radical (unpaired) electrons. The minimum Gasteiger partial charge on any atom is -0.497 e. The number of carbonyl (C=O) groups is 1. The number of rotatable bonds is 6. The number of hydrogen-bond donors (Lipinski definition) is 1. The first-order chi connectivity index (χ1) is 13.0. The molecular weight excluding hydrogens is 384 g/mol. The maximum absolute atomic E-state index is 12.5. The molecule has 7 heteroatoms. The van der Waals surface area contributed by atoms with E-state index in [-0.39, 0.29) is 5.91 Å². The van der Waals surface area contributed by atoms with E-state index < -0.39 is 6.10 Å². The predicted octanol–water partition coefficient (Wildman–Crippen LogP) is 5.19. The van der Waals surface area contributed by atoms with E-state index in [1.165, 1.54) is 11.3 Å². The minimum absolute atomic E-state index is 0.274. The topological polar surface area (TPSA) is 60.5 Å². The van der Waals surface area contributed by atoms with Crippen LogP contribution in [0.4, 0.5) is 5.13 Å². The number of hydrogen-bond acceptors (Lipinski definition) is 5. The first-order valence-electron chi connectivity index (χ1n) is 8.31. The van der Waals surface area contributed by atoms with Crippen LogP contribution in [-0.4, -0.2) is 24.1 Å². The van der Waals surface area contributed by atoms with Gasteiger partial charge in [0.2, 0.25) is 0 Å². The van der Waals surface area contributed by atoms with Crippen LogP contribution in [0, 0.1) is 6.92 Å². The SMILES string of the molecule is COc1cccc(OC(C)C(=O)Nc2nc(-c3cccc(Cl)c3)c(C)s2)c1. The van der Waals surface area contributed by atoms with E-state index in [1.807, 2.05) is 37.3 Å². The van der Waals surface area contributed by atoms with Gasteiger partial charge >= 0.3 is 0 Å². The Morgan fingerprint density at radius 1 is 1.19 bits per heavy atom. The standard InChI is InChI=1S/C20H19ClN2O3S/c1-12(26-17-9-5-8-16(11-17)25-3)19(24)23-20-22-18(13(2)27-20)14-6-4-7-15(21)10-14/h4-12H,1-3H3,(H,22,23,24). The van der Waals surface area contributed by atoms with Gasteiger partial charge in [0.1, 0.15) is 11.5 Å². The molecule has 0 aliphatic heterocycles. The number of halogens is 1. The van der Waals surface area contributed by atoms with Crippen molar-refractivity contribution in [3.05, 3.63) is 58.4 Å². The number of thiazole rings is 1. The van der Waals surface area contributed by atoms with Gasteiger partial charge in [-0.2, -0.15) is 0 Å². The van der Waals surface area contributed by atoms with Gasteiger partial charge in [0, 0.05) is 21.5 Å². The summed E-state index contributed by atoms with van der Waals surface area (Å²) in [7, 11) is 1.58. The molecule has 0 aliphatic carbocycles. The van der Waals surface area contributed by atoms with Crippen molar-refractivity contribution in [1.82, 2.24) is 4.98 Å². The minimum atomic E-state index is -0.684. The summed E-state index contributed by atoms with van der Waals surface area (Å²) in [6.45, 7) is 3.65. The summed E-state index contributed by atoms with van der Waals surface area (Å²) in [5.74, 6) is 0.956. The summed E-state index contributed by atoms with van der Waals surface area (Å²) in [4.78, 5) is 18.0. The third-order valence-corrected chi connectivity index (χ3v) is 4.97. The zero-order chi connectivity index (χ0) is 19.4. The Hall–Kier alpha value is -2.57. The van der Waals surface area contributed by atoms with E-state index in [0.29, 0.717) is 21.7 Å². The average molecular weight is 403 g/mol. The lowest BCUT2D eigenvalue weighted by Gasteiger charge is -2.14. The molecule has 3 rings (SSSR count). The normalized spacial score (nSPS) is 11.7. The van der Waals surface area contributed by atoms with Gasteiger partial charge in [-0.05, 0) is 38.1 Å². The number of amides is 1. The molecule has 5 nitrogen and oxygen atoms in total. The van der Waals surface area contributed by atoms with E-state index in [4.69, 9.17) is 21.1 Å². The molecule has 0 saturated carbocycles. The van der Waals surface area contributed by atoms with Crippen molar-refractivity contribution in [3.63, 3.8) is 0 Å². The molecule has 1 unspecified atom stereocenters. The van der Waals surface area contributed by atoms with Crippen LogP contribution in [-0.2, 0) is 4.79 Å². The van der Waals surface area contributed by atoms with Gasteiger partial charge in [-0.15, -0.1) is 11.3 Å². The molecule has 1 aromatic heterocycles. The highest BCUT2D eigenvalue weighted by atomic mass is 35.5. The summed E-state index contributed by atoms with van der Waals surface area (Å²) < 4.78 is 10.9. The van der Waals surface area contributed by atoms with Crippen molar-refractivity contribution in [1.29, 1.82) is 0 Å². The highest BCUT2D eigenvalue weighted by Gasteiger charge is 2.18. The number of anilines is 1. The van der Waals surface area contributed by atoms with Gasteiger partial charge in [-0.1, -0.05) is 29.8 Å². The van der Waals surface area contributed by atoms with E-state index in [0.717, 1.165) is 16.1 Å². The monoisotopic (exact) mass is 402 g/mol. The molecule has 3 aromatic rings. The Labute approximate surface area is 166 Å². The van der Waals surface area contributed by atoms with Crippen molar-refractivity contribution < 1.29 is 14.3 Å². The summed E-state index contributed by atoms with van der Waals surface area (Å²) in [6.07, 6.45) is -0.684. The second-order valence-corrected chi connectivity index (χ2v) is 7.50. The van der Waals surface area contributed by atoms with Crippen LogP contribution in [0.3, 0.4) is 0 Å². The Kier molecular flexibility index (Phi) is 5.98. The smallest absolute Gasteiger partial charge is 0.266 e. The number of aromatic nitrogens is 1. The van der Waals surface area contributed by atoms with E-state index >= 15 is 0 Å². The van der Waals surface area contributed by atoms with Crippen molar-refractivity contribution in [2.45, 2.75) is 20.0 Å². The Balaban J connectivity index is 1.69. The zero-order valence-corrected chi connectivity index (χ0v) is 16.7. The molecule has 1 heterocycles. The third-order valence-electron chi connectivity index (χ3n) is 3.85. The van der Waals surface area contributed by atoms with Gasteiger partial charge in [0.15, 0.2) is 11.2 Å². The second kappa shape index (κ2) is 8.41. The molecular formula is C20H19ClN2O3S. The molecule has 0 fully saturated rings. The van der Waals surface area contributed by atoms with Crippen LogP contribution >= 0.6 is 22.9 Å². The molecule has 0 saturated heterocycles. The van der Waals surface area contributed by atoms with Gasteiger partial charge in [0.25, 0.3) is 5.91 Å². The quantitative estimate of drug-likeness (QED) is 0.616. The number of benzene rings is 2. The Bertz CT molecular complexity index is 958. The Morgan fingerprint density at radius 3 is 2.67 bits per heavy atom. The number of nitrogens with zero attached hydrogens (tertiary/aromatic N) is 1. The van der Waals surface area contributed by atoms with Crippen LogP contribution < -0.4 is 14.8 Å². The van der Waals surface area contributed by atoms with Crippen LogP contribution in [0.1, 0.15) is 11.8 Å². The average Bonchev–Trinajstić information content (AvgIpc) is 3.02. The number of nitrogens with one attached hydrogen (secondary N) is 1. The highest BCUT2D eigenvalue weighted by Crippen LogP contribution is 2.31. The van der Waals surface area contributed by atoms with Crippen LogP contribution in [0.5, 0.6) is 11.5 Å². The fourth-order valence-electron chi connectivity index (χ4n) is 2.49. The lowest BCUT2D eigenvalue weighted by atomic mass is 10.1. The molecule has 0 aliphatic rings. The number of methoxy groups -OCH3 is 1. The van der Waals surface area contributed by atoms with Gasteiger partial charge in [-0.3, -0.25) is 10.1 Å². The summed E-state index contributed by atoms with van der Waals surface area (Å²) in [6, 6.07) is 14.6. The maximum Gasteiger partial charge on any atom is 0.266 e. The van der Waals surface area contributed by atoms with Crippen molar-refractivity contribution >= 4 is 34.0 Å². The maximum atomic E-state index is 12.5. The fourth-order valence-corrected chi connectivity index (χ4v) is 3.52. The molecule has 0 bridgehead atoms. The lowest BCUT2D eigenvalue weighted by Crippen LogP contribution is -2.30. The summed E-state index contributed by atoms with van der Waals surface area (Å²) in [5, 5.41) is 3.98.